The number of benzene rings is 1. The Balaban J connectivity index is 1.83. The van der Waals surface area contributed by atoms with Gasteiger partial charge in [0.25, 0.3) is 0 Å². The van der Waals surface area contributed by atoms with Crippen LogP contribution in [0.15, 0.2) is 36.8 Å². The van der Waals surface area contributed by atoms with Crippen molar-refractivity contribution in [1.82, 2.24) is 14.9 Å². The minimum atomic E-state index is -0.267. The van der Waals surface area contributed by atoms with Crippen LogP contribution in [0.3, 0.4) is 0 Å². The van der Waals surface area contributed by atoms with Gasteiger partial charge in [-0.2, -0.15) is 0 Å². The van der Waals surface area contributed by atoms with Crippen molar-refractivity contribution in [2.24, 2.45) is 0 Å². The average Bonchev–Trinajstić information content (AvgIpc) is 2.58. The van der Waals surface area contributed by atoms with E-state index in [0.717, 1.165) is 25.1 Å². The molecule has 1 aliphatic heterocycles. The van der Waals surface area contributed by atoms with E-state index in [-0.39, 0.29) is 11.9 Å². The Morgan fingerprint density at radius 2 is 2.23 bits per heavy atom. The molecule has 2 heterocycles. The number of hydrogen-bond acceptors (Lipinski definition) is 4. The summed E-state index contributed by atoms with van der Waals surface area (Å²) in [4.78, 5) is 10.7. The van der Waals surface area contributed by atoms with Gasteiger partial charge in [0.05, 0.1) is 18.8 Å². The predicted octanol–water partition coefficient (Wildman–Crippen LogP) is 3.35. The lowest BCUT2D eigenvalue weighted by atomic mass is 9.98. The smallest absolute Gasteiger partial charge is 0.169 e. The van der Waals surface area contributed by atoms with E-state index in [9.17, 15) is 4.39 Å². The summed E-state index contributed by atoms with van der Waals surface area (Å²) in [6.07, 6.45) is 6.69. The summed E-state index contributed by atoms with van der Waals surface area (Å²) in [7, 11) is 1.49. The van der Waals surface area contributed by atoms with Crippen molar-refractivity contribution in [3.05, 3.63) is 53.9 Å². The van der Waals surface area contributed by atoms with Gasteiger partial charge in [-0.25, -0.2) is 14.4 Å². The fourth-order valence-electron chi connectivity index (χ4n) is 3.07. The van der Waals surface area contributed by atoms with E-state index in [2.05, 4.69) is 14.9 Å². The van der Waals surface area contributed by atoms with Crippen LogP contribution in [0, 0.1) is 5.82 Å². The molecule has 1 aromatic heterocycles. The largest absolute Gasteiger partial charge is 0.494 e. The fraction of sp³-hybridized carbons (Fsp3) is 0.412. The Hall–Kier alpha value is -2.01. The molecule has 0 N–H and O–H groups in total. The van der Waals surface area contributed by atoms with Crippen molar-refractivity contribution in [2.75, 3.05) is 13.7 Å². The summed E-state index contributed by atoms with van der Waals surface area (Å²) in [5.41, 5.74) is 1.68. The lowest BCUT2D eigenvalue weighted by molar-refractivity contribution is 0.135. The zero-order valence-corrected chi connectivity index (χ0v) is 12.7. The second-order valence-electron chi connectivity index (χ2n) is 5.55. The Bertz CT molecular complexity index is 621. The summed E-state index contributed by atoms with van der Waals surface area (Å²) < 4.78 is 19.5. The zero-order chi connectivity index (χ0) is 15.4. The quantitative estimate of drug-likeness (QED) is 0.868. The zero-order valence-electron chi connectivity index (χ0n) is 12.7. The normalized spacial score (nSPS) is 19.1. The fourth-order valence-corrected chi connectivity index (χ4v) is 3.07. The van der Waals surface area contributed by atoms with E-state index in [1.165, 1.54) is 13.5 Å². The van der Waals surface area contributed by atoms with Crippen LogP contribution in [0.2, 0.25) is 0 Å². The Labute approximate surface area is 130 Å². The van der Waals surface area contributed by atoms with Crippen LogP contribution in [0.4, 0.5) is 4.39 Å². The third-order valence-electron chi connectivity index (χ3n) is 4.20. The number of nitrogens with zero attached hydrogens (tertiary/aromatic N) is 3. The predicted molar refractivity (Wildman–Crippen MR) is 82.0 cm³/mol. The highest BCUT2D eigenvalue weighted by Crippen LogP contribution is 2.32. The van der Waals surface area contributed by atoms with Crippen molar-refractivity contribution in [3.8, 4) is 5.75 Å². The highest BCUT2D eigenvalue weighted by atomic mass is 19.1. The molecule has 0 spiro atoms. The molecule has 2 aromatic rings. The van der Waals surface area contributed by atoms with E-state index in [1.54, 1.807) is 18.6 Å². The maximum Gasteiger partial charge on any atom is 0.169 e. The highest BCUT2D eigenvalue weighted by Gasteiger charge is 2.26. The van der Waals surface area contributed by atoms with Crippen molar-refractivity contribution in [1.29, 1.82) is 0 Å². The monoisotopic (exact) mass is 301 g/mol. The van der Waals surface area contributed by atoms with Gasteiger partial charge < -0.3 is 4.74 Å². The van der Waals surface area contributed by atoms with Gasteiger partial charge in [0.2, 0.25) is 0 Å². The van der Waals surface area contributed by atoms with Crippen LogP contribution in [0.25, 0.3) is 0 Å². The second kappa shape index (κ2) is 6.83. The summed E-state index contributed by atoms with van der Waals surface area (Å²) in [6, 6.07) is 7.48. The lowest BCUT2D eigenvalue weighted by Crippen LogP contribution is -2.33. The topological polar surface area (TPSA) is 38.2 Å². The third-order valence-corrected chi connectivity index (χ3v) is 4.20. The Morgan fingerprint density at radius 1 is 1.32 bits per heavy atom. The van der Waals surface area contributed by atoms with Crippen LogP contribution in [-0.4, -0.2) is 28.5 Å². The third kappa shape index (κ3) is 3.09. The molecule has 0 amide bonds. The van der Waals surface area contributed by atoms with Gasteiger partial charge in [0.1, 0.15) is 6.33 Å². The summed E-state index contributed by atoms with van der Waals surface area (Å²) in [5.74, 6) is 0.0325. The van der Waals surface area contributed by atoms with Crippen molar-refractivity contribution < 1.29 is 9.13 Å². The van der Waals surface area contributed by atoms with Gasteiger partial charge in [-0.3, -0.25) is 4.90 Å². The maximum absolute atomic E-state index is 14.4. The highest BCUT2D eigenvalue weighted by molar-refractivity contribution is 5.31. The molecule has 0 radical (unpaired) electrons. The average molecular weight is 301 g/mol. The van der Waals surface area contributed by atoms with Crippen LogP contribution in [-0.2, 0) is 6.54 Å². The number of piperidine rings is 1. The van der Waals surface area contributed by atoms with E-state index < -0.39 is 0 Å². The Kier molecular flexibility index (Phi) is 4.63. The van der Waals surface area contributed by atoms with Crippen LogP contribution in [0.5, 0.6) is 5.75 Å². The van der Waals surface area contributed by atoms with Gasteiger partial charge in [0.15, 0.2) is 11.6 Å². The molecule has 0 bridgehead atoms. The van der Waals surface area contributed by atoms with E-state index in [0.29, 0.717) is 17.9 Å². The maximum atomic E-state index is 14.4. The van der Waals surface area contributed by atoms with E-state index in [4.69, 9.17) is 4.74 Å². The molecular weight excluding hydrogens is 281 g/mol. The number of ether oxygens (including phenoxy) is 1. The lowest BCUT2D eigenvalue weighted by Gasteiger charge is -2.35. The van der Waals surface area contributed by atoms with Crippen molar-refractivity contribution in [2.45, 2.75) is 31.8 Å². The summed E-state index contributed by atoms with van der Waals surface area (Å²) in [5, 5.41) is 0. The molecule has 1 aromatic carbocycles. The number of aromatic nitrogens is 2. The van der Waals surface area contributed by atoms with Crippen molar-refractivity contribution >= 4 is 0 Å². The van der Waals surface area contributed by atoms with Gasteiger partial charge >= 0.3 is 0 Å². The summed E-state index contributed by atoms with van der Waals surface area (Å²) >= 11 is 0. The molecule has 1 aliphatic rings. The molecule has 1 atom stereocenters. The molecule has 0 unspecified atom stereocenters. The molecule has 4 nitrogen and oxygen atoms in total. The number of methoxy groups -OCH3 is 1. The van der Waals surface area contributed by atoms with Crippen molar-refractivity contribution in [3.63, 3.8) is 0 Å². The minimum absolute atomic E-state index is 0.224. The summed E-state index contributed by atoms with van der Waals surface area (Å²) in [6.45, 7) is 1.52. The van der Waals surface area contributed by atoms with E-state index >= 15 is 0 Å². The Morgan fingerprint density at radius 3 is 3.00 bits per heavy atom. The second-order valence-corrected chi connectivity index (χ2v) is 5.55. The first-order valence-electron chi connectivity index (χ1n) is 7.61. The van der Waals surface area contributed by atoms with Gasteiger partial charge in [0, 0.05) is 18.3 Å². The number of likely N-dealkylation sites (tertiary alicyclic amines) is 1. The number of halogens is 1. The molecule has 5 heteroatoms. The molecule has 3 rings (SSSR count). The SMILES string of the molecule is COc1cccc(CN2CCCC[C@H]2c2ccncn2)c1F. The molecule has 0 saturated carbocycles. The van der Waals surface area contributed by atoms with Gasteiger partial charge in [-0.15, -0.1) is 0 Å². The van der Waals surface area contributed by atoms with Crippen LogP contribution >= 0.6 is 0 Å². The molecule has 1 fully saturated rings. The van der Waals surface area contributed by atoms with E-state index in [1.807, 2.05) is 18.2 Å². The van der Waals surface area contributed by atoms with Gasteiger partial charge in [-0.1, -0.05) is 18.6 Å². The first-order valence-corrected chi connectivity index (χ1v) is 7.61. The minimum Gasteiger partial charge on any atom is -0.494 e. The number of hydrogen-bond donors (Lipinski definition) is 0. The van der Waals surface area contributed by atoms with Crippen LogP contribution < -0.4 is 4.74 Å². The standard InChI is InChI=1S/C17H20FN3O/c1-22-16-7-4-5-13(17(16)18)11-21-10-3-2-6-15(21)14-8-9-19-12-20-14/h4-5,7-9,12,15H,2-3,6,10-11H2,1H3/t15-/m0/s1. The molecule has 116 valence electrons. The first-order chi connectivity index (χ1) is 10.8. The molecule has 1 saturated heterocycles. The number of rotatable bonds is 4. The first kappa shape index (κ1) is 14.9. The van der Waals surface area contributed by atoms with Gasteiger partial charge in [-0.05, 0) is 31.5 Å². The van der Waals surface area contributed by atoms with Crippen LogP contribution in [0.1, 0.15) is 36.6 Å². The molecular formula is C17H20FN3O. The molecule has 0 aliphatic carbocycles. The molecule has 22 heavy (non-hydrogen) atoms.